The minimum Gasteiger partial charge on any atom is -0.351 e. The van der Waals surface area contributed by atoms with Crippen molar-refractivity contribution in [3.05, 3.63) is 29.8 Å². The predicted molar refractivity (Wildman–Crippen MR) is 77.1 cm³/mol. The average Bonchev–Trinajstić information content (AvgIpc) is 3.16. The number of carbonyl (C=O) groups excluding carboxylic acids is 1. The Hall–Kier alpha value is -2.28. The summed E-state index contributed by atoms with van der Waals surface area (Å²) in [5.41, 5.74) is 1.93. The van der Waals surface area contributed by atoms with E-state index in [-0.39, 0.29) is 5.91 Å². The fourth-order valence-electron chi connectivity index (χ4n) is 2.03. The molecule has 1 saturated carbocycles. The van der Waals surface area contributed by atoms with Crippen molar-refractivity contribution in [3.63, 3.8) is 0 Å². The third-order valence-corrected chi connectivity index (χ3v) is 3.46. The molecule has 7 nitrogen and oxygen atoms in total. The molecule has 110 valence electrons. The van der Waals surface area contributed by atoms with Crippen LogP contribution in [0.25, 0.3) is 11.4 Å². The summed E-state index contributed by atoms with van der Waals surface area (Å²) in [5.74, 6) is 1.38. The summed E-state index contributed by atoms with van der Waals surface area (Å²) in [4.78, 5) is 11.7. The molecule has 0 aliphatic heterocycles. The van der Waals surface area contributed by atoms with Crippen molar-refractivity contribution in [3.8, 4) is 11.4 Å². The van der Waals surface area contributed by atoms with Gasteiger partial charge in [0.15, 0.2) is 0 Å². The second kappa shape index (κ2) is 6.45. The molecule has 1 aromatic heterocycles. The maximum Gasteiger partial charge on any atom is 0.234 e. The monoisotopic (exact) mass is 286 g/mol. The normalized spacial score (nSPS) is 14.1. The quantitative estimate of drug-likeness (QED) is 0.688. The van der Waals surface area contributed by atoms with E-state index in [0.29, 0.717) is 18.9 Å². The first-order valence-electron chi connectivity index (χ1n) is 7.11. The largest absolute Gasteiger partial charge is 0.351 e. The Morgan fingerprint density at radius 1 is 1.29 bits per heavy atom. The molecule has 1 fully saturated rings. The van der Waals surface area contributed by atoms with Crippen LogP contribution < -0.4 is 10.6 Å². The molecule has 0 unspecified atom stereocenters. The summed E-state index contributed by atoms with van der Waals surface area (Å²) in [6.45, 7) is 1.86. The van der Waals surface area contributed by atoms with E-state index in [0.717, 1.165) is 23.6 Å². The lowest BCUT2D eigenvalue weighted by Crippen LogP contribution is -2.34. The first-order chi connectivity index (χ1) is 10.3. The molecule has 2 aromatic rings. The Morgan fingerprint density at radius 2 is 2.10 bits per heavy atom. The van der Waals surface area contributed by atoms with Gasteiger partial charge in [-0.25, -0.2) is 0 Å². The van der Waals surface area contributed by atoms with Crippen LogP contribution in [0.1, 0.15) is 18.4 Å². The standard InChI is InChI=1S/C14H18N6O/c21-13(9-15-7-10-1-2-10)16-8-11-3-5-12(6-4-11)14-17-19-20-18-14/h3-6,10,15H,1-2,7-9H2,(H,16,21)(H,17,18,19,20). The summed E-state index contributed by atoms with van der Waals surface area (Å²) in [6.07, 6.45) is 2.59. The molecule has 0 saturated heterocycles. The number of benzene rings is 1. The number of hydrogen-bond acceptors (Lipinski definition) is 5. The molecule has 21 heavy (non-hydrogen) atoms. The Balaban J connectivity index is 1.43. The van der Waals surface area contributed by atoms with Crippen LogP contribution in [0.3, 0.4) is 0 Å². The topological polar surface area (TPSA) is 95.6 Å². The van der Waals surface area contributed by atoms with Crippen molar-refractivity contribution in [1.29, 1.82) is 0 Å². The van der Waals surface area contributed by atoms with Gasteiger partial charge in [0, 0.05) is 12.1 Å². The highest BCUT2D eigenvalue weighted by Crippen LogP contribution is 2.27. The number of aromatic amines is 1. The van der Waals surface area contributed by atoms with Crippen molar-refractivity contribution >= 4 is 5.91 Å². The number of H-pyrrole nitrogens is 1. The number of hydrogen-bond donors (Lipinski definition) is 3. The molecule has 0 atom stereocenters. The zero-order chi connectivity index (χ0) is 14.5. The van der Waals surface area contributed by atoms with Crippen LogP contribution in [0.15, 0.2) is 24.3 Å². The van der Waals surface area contributed by atoms with Crippen LogP contribution >= 0.6 is 0 Å². The minimum atomic E-state index is 0.0258. The highest BCUT2D eigenvalue weighted by molar-refractivity contribution is 5.78. The maximum absolute atomic E-state index is 11.7. The van der Waals surface area contributed by atoms with E-state index in [1.807, 2.05) is 24.3 Å². The van der Waals surface area contributed by atoms with Gasteiger partial charge in [0.2, 0.25) is 11.7 Å². The number of amides is 1. The second-order valence-electron chi connectivity index (χ2n) is 5.28. The number of aromatic nitrogens is 4. The second-order valence-corrected chi connectivity index (χ2v) is 5.28. The van der Waals surface area contributed by atoms with Crippen LogP contribution in [0.5, 0.6) is 0 Å². The van der Waals surface area contributed by atoms with Crippen molar-refractivity contribution in [2.75, 3.05) is 13.1 Å². The van der Waals surface area contributed by atoms with E-state index in [2.05, 4.69) is 31.3 Å². The molecule has 0 spiro atoms. The Kier molecular flexibility index (Phi) is 4.20. The van der Waals surface area contributed by atoms with Crippen LogP contribution in [-0.4, -0.2) is 39.6 Å². The van der Waals surface area contributed by atoms with Gasteiger partial charge in [-0.1, -0.05) is 24.3 Å². The summed E-state index contributed by atoms with van der Waals surface area (Å²) in [5, 5.41) is 19.9. The molecule has 0 radical (unpaired) electrons. The van der Waals surface area contributed by atoms with Gasteiger partial charge >= 0.3 is 0 Å². The molecule has 3 rings (SSSR count). The van der Waals surface area contributed by atoms with Crippen LogP contribution in [0, 0.1) is 5.92 Å². The zero-order valence-electron chi connectivity index (χ0n) is 11.7. The number of carbonyl (C=O) groups is 1. The van der Waals surface area contributed by atoms with Gasteiger partial charge in [0.25, 0.3) is 0 Å². The van der Waals surface area contributed by atoms with E-state index in [4.69, 9.17) is 0 Å². The van der Waals surface area contributed by atoms with Gasteiger partial charge < -0.3 is 10.6 Å². The third kappa shape index (κ3) is 4.09. The molecular formula is C14H18N6O. The van der Waals surface area contributed by atoms with E-state index in [9.17, 15) is 4.79 Å². The smallest absolute Gasteiger partial charge is 0.234 e. The van der Waals surface area contributed by atoms with E-state index >= 15 is 0 Å². The lowest BCUT2D eigenvalue weighted by atomic mass is 10.1. The Morgan fingerprint density at radius 3 is 2.76 bits per heavy atom. The summed E-state index contributed by atoms with van der Waals surface area (Å²) < 4.78 is 0. The summed E-state index contributed by atoms with van der Waals surface area (Å²) in [6, 6.07) is 7.72. The molecule has 1 amide bonds. The number of nitrogens with zero attached hydrogens (tertiary/aromatic N) is 3. The molecule has 1 aliphatic rings. The number of tetrazole rings is 1. The van der Waals surface area contributed by atoms with Gasteiger partial charge in [0.05, 0.1) is 6.54 Å². The van der Waals surface area contributed by atoms with Gasteiger partial charge in [-0.05, 0) is 36.1 Å². The molecule has 1 aliphatic carbocycles. The lowest BCUT2D eigenvalue weighted by molar-refractivity contribution is -0.120. The first-order valence-corrected chi connectivity index (χ1v) is 7.11. The fraction of sp³-hybridized carbons (Fsp3) is 0.429. The van der Waals surface area contributed by atoms with Gasteiger partial charge in [-0.15, -0.1) is 10.2 Å². The minimum absolute atomic E-state index is 0.0258. The number of nitrogens with one attached hydrogen (secondary N) is 3. The molecule has 1 heterocycles. The van der Waals surface area contributed by atoms with Gasteiger partial charge in [0.1, 0.15) is 0 Å². The maximum atomic E-state index is 11.7. The molecule has 0 bridgehead atoms. The molecule has 3 N–H and O–H groups in total. The molecular weight excluding hydrogens is 268 g/mol. The number of rotatable bonds is 7. The zero-order valence-corrected chi connectivity index (χ0v) is 11.7. The summed E-state index contributed by atoms with van der Waals surface area (Å²) >= 11 is 0. The van der Waals surface area contributed by atoms with Gasteiger partial charge in [-0.3, -0.25) is 4.79 Å². The SMILES string of the molecule is O=C(CNCC1CC1)NCc1ccc(-c2nn[nH]n2)cc1. The van der Waals surface area contributed by atoms with Crippen molar-refractivity contribution in [2.45, 2.75) is 19.4 Å². The van der Waals surface area contributed by atoms with Crippen LogP contribution in [-0.2, 0) is 11.3 Å². The Labute approximate surface area is 122 Å². The molecule has 1 aromatic carbocycles. The van der Waals surface area contributed by atoms with E-state index < -0.39 is 0 Å². The van der Waals surface area contributed by atoms with Crippen molar-refractivity contribution < 1.29 is 4.79 Å². The highest BCUT2D eigenvalue weighted by Gasteiger charge is 2.20. The van der Waals surface area contributed by atoms with Crippen LogP contribution in [0.2, 0.25) is 0 Å². The predicted octanol–water partition coefficient (Wildman–Crippen LogP) is 0.482. The fourth-order valence-corrected chi connectivity index (χ4v) is 2.03. The van der Waals surface area contributed by atoms with Crippen LogP contribution in [0.4, 0.5) is 0 Å². The summed E-state index contributed by atoms with van der Waals surface area (Å²) in [7, 11) is 0. The first kappa shape index (κ1) is 13.7. The van der Waals surface area contributed by atoms with Gasteiger partial charge in [-0.2, -0.15) is 5.21 Å². The van der Waals surface area contributed by atoms with Crippen molar-refractivity contribution in [2.24, 2.45) is 5.92 Å². The van der Waals surface area contributed by atoms with E-state index in [1.54, 1.807) is 0 Å². The lowest BCUT2D eigenvalue weighted by Gasteiger charge is -2.06. The van der Waals surface area contributed by atoms with E-state index in [1.165, 1.54) is 12.8 Å². The molecule has 7 heteroatoms. The average molecular weight is 286 g/mol. The highest BCUT2D eigenvalue weighted by atomic mass is 16.1. The van der Waals surface area contributed by atoms with Crippen molar-refractivity contribution in [1.82, 2.24) is 31.3 Å². The Bertz CT molecular complexity index is 576. The third-order valence-electron chi connectivity index (χ3n) is 3.46.